The van der Waals surface area contributed by atoms with E-state index in [1.54, 1.807) is 0 Å². The highest BCUT2D eigenvalue weighted by atomic mass is 127. The molecule has 0 aliphatic carbocycles. The Morgan fingerprint density at radius 2 is 2.26 bits per heavy atom. The summed E-state index contributed by atoms with van der Waals surface area (Å²) >= 11 is 0. The van der Waals surface area contributed by atoms with E-state index in [-0.39, 0.29) is 24.0 Å². The molecule has 0 aromatic heterocycles. The van der Waals surface area contributed by atoms with E-state index in [1.165, 1.54) is 30.5 Å². The molecule has 4 nitrogen and oxygen atoms in total. The molecule has 2 atom stereocenters. The third-order valence-corrected chi connectivity index (χ3v) is 4.57. The van der Waals surface area contributed by atoms with Crippen molar-refractivity contribution in [2.24, 2.45) is 10.7 Å². The van der Waals surface area contributed by atoms with Gasteiger partial charge in [0.15, 0.2) is 5.96 Å². The van der Waals surface area contributed by atoms with Gasteiger partial charge in [0.05, 0.1) is 0 Å². The van der Waals surface area contributed by atoms with Gasteiger partial charge in [-0.25, -0.2) is 0 Å². The van der Waals surface area contributed by atoms with Crippen LogP contribution in [0, 0.1) is 6.92 Å². The molecule has 0 radical (unpaired) electrons. The van der Waals surface area contributed by atoms with Crippen LogP contribution in [0.5, 0.6) is 0 Å². The Morgan fingerprint density at radius 3 is 2.96 bits per heavy atom. The second kappa shape index (κ2) is 10.1. The number of nitrogens with two attached hydrogens (primary N) is 1. The van der Waals surface area contributed by atoms with Gasteiger partial charge in [0.2, 0.25) is 0 Å². The number of likely N-dealkylation sites (tertiary alicyclic amines) is 1. The van der Waals surface area contributed by atoms with Crippen molar-refractivity contribution in [1.82, 2.24) is 10.2 Å². The standard InChI is InChI=1S/C18H30N4.HI/c1-4-22-10-6-9-17(22)13-21-18(19)20-12-15(3)16-8-5-7-14(2)11-16;/h5,7-8,11,15,17H,4,6,9-10,12-13H2,1-3H3,(H3,19,20,21);1H. The van der Waals surface area contributed by atoms with Gasteiger partial charge >= 0.3 is 0 Å². The van der Waals surface area contributed by atoms with E-state index in [2.05, 4.69) is 60.2 Å². The summed E-state index contributed by atoms with van der Waals surface area (Å²) in [5.74, 6) is 0.960. The second-order valence-corrected chi connectivity index (χ2v) is 6.35. The van der Waals surface area contributed by atoms with Gasteiger partial charge in [0.1, 0.15) is 0 Å². The molecule has 1 aliphatic rings. The van der Waals surface area contributed by atoms with Crippen molar-refractivity contribution >= 4 is 29.9 Å². The maximum absolute atomic E-state index is 6.02. The second-order valence-electron chi connectivity index (χ2n) is 6.35. The molecule has 1 fully saturated rings. The van der Waals surface area contributed by atoms with E-state index >= 15 is 0 Å². The zero-order chi connectivity index (χ0) is 15.9. The largest absolute Gasteiger partial charge is 0.370 e. The summed E-state index contributed by atoms with van der Waals surface area (Å²) in [5, 5.41) is 3.29. The van der Waals surface area contributed by atoms with Crippen molar-refractivity contribution in [2.75, 3.05) is 26.2 Å². The number of hydrogen-bond donors (Lipinski definition) is 2. The first kappa shape index (κ1) is 20.2. The highest BCUT2D eigenvalue weighted by Gasteiger charge is 2.22. The molecule has 130 valence electrons. The lowest BCUT2D eigenvalue weighted by Gasteiger charge is -2.23. The molecule has 0 spiro atoms. The molecular weight excluding hydrogens is 399 g/mol. The minimum absolute atomic E-state index is 0. The third-order valence-electron chi connectivity index (χ3n) is 4.57. The first-order valence-electron chi connectivity index (χ1n) is 8.44. The number of nitrogens with zero attached hydrogens (tertiary/aromatic N) is 2. The summed E-state index contributed by atoms with van der Waals surface area (Å²) in [6.45, 7) is 10.5. The number of likely N-dealkylation sites (N-methyl/N-ethyl adjacent to an activating group) is 1. The number of benzene rings is 1. The predicted molar refractivity (Wildman–Crippen MR) is 110 cm³/mol. The Morgan fingerprint density at radius 1 is 1.48 bits per heavy atom. The van der Waals surface area contributed by atoms with Gasteiger partial charge in [0.25, 0.3) is 0 Å². The molecule has 1 heterocycles. The molecule has 3 N–H and O–H groups in total. The first-order valence-corrected chi connectivity index (χ1v) is 8.44. The Bertz CT molecular complexity index is 504. The van der Waals surface area contributed by atoms with E-state index in [0.717, 1.165) is 19.6 Å². The smallest absolute Gasteiger partial charge is 0.188 e. The monoisotopic (exact) mass is 430 g/mol. The van der Waals surface area contributed by atoms with Crippen LogP contribution in [-0.2, 0) is 0 Å². The van der Waals surface area contributed by atoms with Crippen molar-refractivity contribution in [1.29, 1.82) is 0 Å². The fourth-order valence-electron chi connectivity index (χ4n) is 3.14. The molecule has 0 saturated carbocycles. The molecule has 1 aromatic rings. The number of aliphatic imine (C=N–C) groups is 1. The fourth-order valence-corrected chi connectivity index (χ4v) is 3.14. The van der Waals surface area contributed by atoms with Crippen LogP contribution >= 0.6 is 24.0 Å². The average molecular weight is 430 g/mol. The number of nitrogens with one attached hydrogen (secondary N) is 1. The summed E-state index contributed by atoms with van der Waals surface area (Å²) in [7, 11) is 0. The summed E-state index contributed by atoms with van der Waals surface area (Å²) in [6, 6.07) is 9.21. The molecule has 0 bridgehead atoms. The molecule has 23 heavy (non-hydrogen) atoms. The maximum atomic E-state index is 6.02. The Hall–Kier alpha value is -0.820. The van der Waals surface area contributed by atoms with Crippen LogP contribution < -0.4 is 11.1 Å². The highest BCUT2D eigenvalue weighted by molar-refractivity contribution is 14.0. The average Bonchev–Trinajstić information content (AvgIpc) is 2.98. The fraction of sp³-hybridized carbons (Fsp3) is 0.611. The van der Waals surface area contributed by atoms with E-state index in [0.29, 0.717) is 17.9 Å². The van der Waals surface area contributed by atoms with Crippen LogP contribution in [0.25, 0.3) is 0 Å². The van der Waals surface area contributed by atoms with Gasteiger partial charge in [-0.2, -0.15) is 0 Å². The van der Waals surface area contributed by atoms with Gasteiger partial charge in [-0.3, -0.25) is 9.89 Å². The SMILES string of the molecule is CCN1CCCC1CNC(N)=NCC(C)c1cccc(C)c1.I. The van der Waals surface area contributed by atoms with Gasteiger partial charge in [-0.1, -0.05) is 43.7 Å². The molecule has 2 rings (SSSR count). The van der Waals surface area contributed by atoms with Crippen molar-refractivity contribution in [2.45, 2.75) is 45.6 Å². The predicted octanol–water partition coefficient (Wildman–Crippen LogP) is 3.11. The Balaban J connectivity index is 0.00000264. The molecular formula is C18H31IN4. The number of halogens is 1. The quantitative estimate of drug-likeness (QED) is 0.414. The van der Waals surface area contributed by atoms with Gasteiger partial charge in [0, 0.05) is 25.0 Å². The summed E-state index contributed by atoms with van der Waals surface area (Å²) in [5.41, 5.74) is 8.63. The Labute approximate surface area is 157 Å². The van der Waals surface area contributed by atoms with Crippen LogP contribution in [0.15, 0.2) is 29.3 Å². The van der Waals surface area contributed by atoms with E-state index in [4.69, 9.17) is 5.73 Å². The molecule has 1 aromatic carbocycles. The van der Waals surface area contributed by atoms with Crippen LogP contribution in [0.4, 0.5) is 0 Å². The lowest BCUT2D eigenvalue weighted by molar-refractivity contribution is 0.267. The normalized spacial score (nSPS) is 20.1. The molecule has 1 aliphatic heterocycles. The van der Waals surface area contributed by atoms with Crippen LogP contribution in [0.1, 0.15) is 43.7 Å². The van der Waals surface area contributed by atoms with Crippen molar-refractivity contribution in [3.63, 3.8) is 0 Å². The summed E-state index contributed by atoms with van der Waals surface area (Å²) in [6.07, 6.45) is 2.55. The lowest BCUT2D eigenvalue weighted by atomic mass is 10.00. The molecule has 5 heteroatoms. The number of guanidine groups is 1. The minimum atomic E-state index is 0. The zero-order valence-corrected chi connectivity index (χ0v) is 16.9. The Kier molecular flexibility index (Phi) is 8.91. The first-order chi connectivity index (χ1) is 10.6. The third kappa shape index (κ3) is 6.30. The molecule has 1 saturated heterocycles. The van der Waals surface area contributed by atoms with Gasteiger partial charge < -0.3 is 11.1 Å². The van der Waals surface area contributed by atoms with Crippen LogP contribution in [0.3, 0.4) is 0 Å². The maximum Gasteiger partial charge on any atom is 0.188 e. The van der Waals surface area contributed by atoms with Crippen molar-refractivity contribution in [3.8, 4) is 0 Å². The van der Waals surface area contributed by atoms with Gasteiger partial charge in [-0.05, 0) is 38.4 Å². The van der Waals surface area contributed by atoms with Crippen LogP contribution in [-0.4, -0.2) is 43.1 Å². The summed E-state index contributed by atoms with van der Waals surface area (Å²) < 4.78 is 0. The van der Waals surface area contributed by atoms with Crippen molar-refractivity contribution < 1.29 is 0 Å². The molecule has 2 unspecified atom stereocenters. The van der Waals surface area contributed by atoms with Crippen molar-refractivity contribution in [3.05, 3.63) is 35.4 Å². The van der Waals surface area contributed by atoms with E-state index in [9.17, 15) is 0 Å². The minimum Gasteiger partial charge on any atom is -0.370 e. The van der Waals surface area contributed by atoms with Gasteiger partial charge in [-0.15, -0.1) is 24.0 Å². The number of hydrogen-bond acceptors (Lipinski definition) is 2. The number of aryl methyl sites for hydroxylation is 1. The lowest BCUT2D eigenvalue weighted by Crippen LogP contribution is -2.42. The zero-order valence-electron chi connectivity index (χ0n) is 14.6. The molecule has 0 amide bonds. The highest BCUT2D eigenvalue weighted by Crippen LogP contribution is 2.17. The summed E-state index contributed by atoms with van der Waals surface area (Å²) in [4.78, 5) is 7.02. The van der Waals surface area contributed by atoms with E-state index < -0.39 is 0 Å². The topological polar surface area (TPSA) is 53.6 Å². The number of rotatable bonds is 6. The van der Waals surface area contributed by atoms with E-state index in [1.807, 2.05) is 0 Å². The van der Waals surface area contributed by atoms with Crippen LogP contribution in [0.2, 0.25) is 0 Å².